The van der Waals surface area contributed by atoms with Crippen LogP contribution in [0.1, 0.15) is 13.8 Å². The molecule has 0 aromatic carbocycles. The van der Waals surface area contributed by atoms with Crippen LogP contribution in [0.2, 0.25) is 0 Å². The molecule has 0 bridgehead atoms. The number of nitrogens with zero attached hydrogens (tertiary/aromatic N) is 4. The van der Waals surface area contributed by atoms with Crippen LogP contribution in [0.3, 0.4) is 0 Å². The highest BCUT2D eigenvalue weighted by molar-refractivity contribution is 4.99. The van der Waals surface area contributed by atoms with Gasteiger partial charge in [0, 0.05) is 24.8 Å². The zero-order valence-electron chi connectivity index (χ0n) is 8.69. The second-order valence-electron chi connectivity index (χ2n) is 3.54. The second-order valence-corrected chi connectivity index (χ2v) is 3.54. The van der Waals surface area contributed by atoms with Gasteiger partial charge in [0.05, 0.1) is 13.6 Å². The van der Waals surface area contributed by atoms with Gasteiger partial charge < -0.3 is 0 Å². The molecule has 1 rings (SSSR count). The minimum Gasteiger partial charge on any atom is -0.293 e. The van der Waals surface area contributed by atoms with E-state index in [1.807, 2.05) is 5.01 Å². The van der Waals surface area contributed by atoms with Gasteiger partial charge >= 0.3 is 0 Å². The highest BCUT2D eigenvalue weighted by atomic mass is 15.6. The van der Waals surface area contributed by atoms with E-state index in [9.17, 15) is 0 Å². The first kappa shape index (κ1) is 10.2. The van der Waals surface area contributed by atoms with E-state index in [0.717, 1.165) is 25.3 Å². The summed E-state index contributed by atoms with van der Waals surface area (Å²) in [5.74, 6) is 0. The lowest BCUT2D eigenvalue weighted by molar-refractivity contribution is 0.145. The van der Waals surface area contributed by atoms with Crippen molar-refractivity contribution in [2.75, 3.05) is 26.7 Å². The van der Waals surface area contributed by atoms with Crippen molar-refractivity contribution in [1.82, 2.24) is 9.91 Å². The molecule has 0 unspecified atom stereocenters. The van der Waals surface area contributed by atoms with Crippen LogP contribution in [0.25, 0.3) is 0 Å². The average molecular weight is 182 g/mol. The molecule has 0 N–H and O–H groups in total. The summed E-state index contributed by atoms with van der Waals surface area (Å²) in [4.78, 5) is 2.38. The van der Waals surface area contributed by atoms with Crippen molar-refractivity contribution in [2.24, 2.45) is 10.3 Å². The van der Waals surface area contributed by atoms with E-state index >= 15 is 0 Å². The van der Waals surface area contributed by atoms with E-state index < -0.39 is 0 Å². The van der Waals surface area contributed by atoms with Crippen molar-refractivity contribution in [2.45, 2.75) is 19.9 Å². The van der Waals surface area contributed by atoms with E-state index in [2.05, 4.69) is 35.7 Å². The summed E-state index contributed by atoms with van der Waals surface area (Å²) in [7, 11) is 1.68. The molecule has 0 aromatic rings. The summed E-state index contributed by atoms with van der Waals surface area (Å²) < 4.78 is 0. The van der Waals surface area contributed by atoms with E-state index in [-0.39, 0.29) is 0 Å². The number of rotatable bonds is 2. The molecule has 0 radical (unpaired) electrons. The molecular formula is C9H18N4. The first-order chi connectivity index (χ1) is 6.15. The van der Waals surface area contributed by atoms with Crippen molar-refractivity contribution in [1.29, 1.82) is 0 Å². The van der Waals surface area contributed by atoms with Gasteiger partial charge in [-0.2, -0.15) is 5.11 Å². The Labute approximate surface area is 79.9 Å². The third-order valence-electron chi connectivity index (χ3n) is 2.28. The van der Waals surface area contributed by atoms with E-state index in [0.29, 0.717) is 6.04 Å². The van der Waals surface area contributed by atoms with Crippen LogP contribution in [0.5, 0.6) is 0 Å². The van der Waals surface area contributed by atoms with Crippen LogP contribution in [0.4, 0.5) is 0 Å². The zero-order valence-corrected chi connectivity index (χ0v) is 8.69. The standard InChI is InChI=1S/C9H18N4/c1-8(2)12-5-6-13(11-10-4)9(3)7-12/h8H,3,5-7H2,1-2,4H3. The summed E-state index contributed by atoms with van der Waals surface area (Å²) >= 11 is 0. The SMILES string of the molecule is C=C1CN(C(C)C)CCN1N=NC. The van der Waals surface area contributed by atoms with Gasteiger partial charge in [-0.3, -0.25) is 4.90 Å². The van der Waals surface area contributed by atoms with Gasteiger partial charge in [-0.05, 0) is 13.8 Å². The summed E-state index contributed by atoms with van der Waals surface area (Å²) in [6.45, 7) is 11.2. The van der Waals surface area contributed by atoms with Crippen molar-refractivity contribution in [3.8, 4) is 0 Å². The highest BCUT2D eigenvalue weighted by Crippen LogP contribution is 2.13. The average Bonchev–Trinajstić information content (AvgIpc) is 2.08. The summed E-state index contributed by atoms with van der Waals surface area (Å²) in [6.07, 6.45) is 0. The Bertz CT molecular complexity index is 210. The Morgan fingerprint density at radius 1 is 1.38 bits per heavy atom. The van der Waals surface area contributed by atoms with E-state index in [1.54, 1.807) is 7.05 Å². The van der Waals surface area contributed by atoms with E-state index in [1.165, 1.54) is 0 Å². The molecule has 0 spiro atoms. The molecular weight excluding hydrogens is 164 g/mol. The molecule has 0 atom stereocenters. The molecule has 4 nitrogen and oxygen atoms in total. The van der Waals surface area contributed by atoms with Crippen molar-refractivity contribution in [3.63, 3.8) is 0 Å². The molecule has 1 aliphatic heterocycles. The van der Waals surface area contributed by atoms with Gasteiger partial charge in [0.2, 0.25) is 0 Å². The van der Waals surface area contributed by atoms with Crippen LogP contribution in [0, 0.1) is 0 Å². The fourth-order valence-electron chi connectivity index (χ4n) is 1.43. The molecule has 1 aliphatic rings. The van der Waals surface area contributed by atoms with Gasteiger partial charge in [-0.1, -0.05) is 11.8 Å². The first-order valence-electron chi connectivity index (χ1n) is 4.64. The highest BCUT2D eigenvalue weighted by Gasteiger charge is 2.20. The molecule has 4 heteroatoms. The largest absolute Gasteiger partial charge is 0.293 e. The predicted octanol–water partition coefficient (Wildman–Crippen LogP) is 1.52. The van der Waals surface area contributed by atoms with Gasteiger partial charge in [-0.15, -0.1) is 0 Å². The lowest BCUT2D eigenvalue weighted by Crippen LogP contribution is -2.45. The van der Waals surface area contributed by atoms with Crippen LogP contribution < -0.4 is 0 Å². The maximum Gasteiger partial charge on any atom is 0.0557 e. The predicted molar refractivity (Wildman–Crippen MR) is 53.3 cm³/mol. The Morgan fingerprint density at radius 2 is 2.08 bits per heavy atom. The smallest absolute Gasteiger partial charge is 0.0557 e. The molecule has 1 saturated heterocycles. The van der Waals surface area contributed by atoms with Gasteiger partial charge in [-0.25, -0.2) is 5.01 Å². The summed E-state index contributed by atoms with van der Waals surface area (Å²) in [6, 6.07) is 0.581. The molecule has 74 valence electrons. The lowest BCUT2D eigenvalue weighted by Gasteiger charge is -2.36. The minimum absolute atomic E-state index is 0.581. The van der Waals surface area contributed by atoms with Crippen LogP contribution in [0.15, 0.2) is 22.6 Å². The maximum atomic E-state index is 3.99. The second kappa shape index (κ2) is 4.37. The Morgan fingerprint density at radius 3 is 2.54 bits per heavy atom. The molecule has 0 saturated carbocycles. The quantitative estimate of drug-likeness (QED) is 0.606. The van der Waals surface area contributed by atoms with Crippen molar-refractivity contribution < 1.29 is 0 Å². The zero-order chi connectivity index (χ0) is 9.84. The number of hydrogen-bond donors (Lipinski definition) is 0. The fraction of sp³-hybridized carbons (Fsp3) is 0.778. The third kappa shape index (κ3) is 2.52. The molecule has 13 heavy (non-hydrogen) atoms. The Hall–Kier alpha value is -0.900. The van der Waals surface area contributed by atoms with Gasteiger partial charge in [0.15, 0.2) is 0 Å². The number of piperazine rings is 1. The summed E-state index contributed by atoms with van der Waals surface area (Å²) in [5.41, 5.74) is 1.03. The molecule has 0 amide bonds. The van der Waals surface area contributed by atoms with Crippen LogP contribution in [-0.2, 0) is 0 Å². The Kier molecular flexibility index (Phi) is 3.42. The van der Waals surface area contributed by atoms with Gasteiger partial charge in [0.1, 0.15) is 0 Å². The topological polar surface area (TPSA) is 31.2 Å². The molecule has 0 aromatic heterocycles. The molecule has 1 fully saturated rings. The van der Waals surface area contributed by atoms with Crippen LogP contribution in [-0.4, -0.2) is 42.6 Å². The normalized spacial score (nSPS) is 20.6. The molecule has 0 aliphatic carbocycles. The summed E-state index contributed by atoms with van der Waals surface area (Å²) in [5, 5.41) is 9.62. The monoisotopic (exact) mass is 182 g/mol. The maximum absolute atomic E-state index is 3.99. The fourth-order valence-corrected chi connectivity index (χ4v) is 1.43. The van der Waals surface area contributed by atoms with Crippen molar-refractivity contribution >= 4 is 0 Å². The van der Waals surface area contributed by atoms with Gasteiger partial charge in [0.25, 0.3) is 0 Å². The van der Waals surface area contributed by atoms with Crippen LogP contribution >= 0.6 is 0 Å². The molecule has 1 heterocycles. The van der Waals surface area contributed by atoms with Crippen molar-refractivity contribution in [3.05, 3.63) is 12.3 Å². The lowest BCUT2D eigenvalue weighted by atomic mass is 10.2. The minimum atomic E-state index is 0.581. The number of hydrogen-bond acceptors (Lipinski definition) is 3. The Balaban J connectivity index is 2.51. The first-order valence-corrected chi connectivity index (χ1v) is 4.64. The van der Waals surface area contributed by atoms with E-state index in [4.69, 9.17) is 0 Å². The third-order valence-corrected chi connectivity index (χ3v) is 2.28.